The molecule has 0 aromatic carbocycles. The van der Waals surface area contributed by atoms with Crippen molar-refractivity contribution in [3.05, 3.63) is 24.4 Å². The molecule has 0 saturated carbocycles. The first-order valence-corrected chi connectivity index (χ1v) is 1.97. The second kappa shape index (κ2) is 1.60. The molecule has 36 valence electrons. The van der Waals surface area contributed by atoms with Crippen molar-refractivity contribution in [3.8, 4) is 5.88 Å². The van der Waals surface area contributed by atoms with E-state index in [0.29, 0.717) is 0 Å². The van der Waals surface area contributed by atoms with E-state index in [-0.39, 0.29) is 5.88 Å². The summed E-state index contributed by atoms with van der Waals surface area (Å²) in [6, 6.07) is 4.79. The zero-order chi connectivity index (χ0) is 5.11. The first kappa shape index (κ1) is 4.12. The summed E-state index contributed by atoms with van der Waals surface area (Å²) in [4.78, 5) is 3.42. The first-order valence-electron chi connectivity index (χ1n) is 1.97. The van der Waals surface area contributed by atoms with Crippen LogP contribution in [0.25, 0.3) is 0 Å². The van der Waals surface area contributed by atoms with Gasteiger partial charge in [0.1, 0.15) is 0 Å². The van der Waals surface area contributed by atoms with Gasteiger partial charge in [-0.15, -0.1) is 0 Å². The lowest BCUT2D eigenvalue weighted by Crippen LogP contribution is -1.90. The molecule has 0 bridgehead atoms. The maximum atomic E-state index is 10.2. The highest BCUT2D eigenvalue weighted by Gasteiger charge is 1.66. The zero-order valence-electron chi connectivity index (χ0n) is 3.66. The van der Waals surface area contributed by atoms with Crippen LogP contribution in [0, 0.1) is 0 Å². The molecule has 0 spiro atoms. The highest BCUT2D eigenvalue weighted by molar-refractivity contribution is 5.04. The van der Waals surface area contributed by atoms with E-state index in [2.05, 4.69) is 4.98 Å². The number of nitrogens with zero attached hydrogens (tertiary/aromatic N) is 1. The quantitative estimate of drug-likeness (QED) is 0.459. The Morgan fingerprint density at radius 3 is 2.57 bits per heavy atom. The van der Waals surface area contributed by atoms with Crippen molar-refractivity contribution >= 4 is 0 Å². The van der Waals surface area contributed by atoms with Gasteiger partial charge in [0, 0.05) is 6.20 Å². The van der Waals surface area contributed by atoms with Crippen molar-refractivity contribution in [1.82, 2.24) is 4.98 Å². The molecule has 0 radical (unpaired) electrons. The van der Waals surface area contributed by atoms with Crippen LogP contribution in [0.15, 0.2) is 24.4 Å². The molecule has 0 amide bonds. The molecule has 1 heterocycles. The van der Waals surface area contributed by atoms with E-state index in [9.17, 15) is 5.11 Å². The van der Waals surface area contributed by atoms with Gasteiger partial charge in [0.05, 0.1) is 0 Å². The highest BCUT2D eigenvalue weighted by Crippen LogP contribution is 1.91. The van der Waals surface area contributed by atoms with Gasteiger partial charge in [-0.25, -0.2) is 0 Å². The second-order valence-electron chi connectivity index (χ2n) is 1.17. The Labute approximate surface area is 41.4 Å². The summed E-state index contributed by atoms with van der Waals surface area (Å²) in [5, 5.41) is 10.2. The fourth-order valence-corrected chi connectivity index (χ4v) is 0.347. The zero-order valence-corrected chi connectivity index (χ0v) is 3.66. The number of aromatic nitrogens is 1. The topological polar surface area (TPSA) is 36.0 Å². The molecule has 1 aromatic rings. The summed E-state index contributed by atoms with van der Waals surface area (Å²) < 4.78 is 0. The third-order valence-electron chi connectivity index (χ3n) is 0.638. The van der Waals surface area contributed by atoms with Crippen LogP contribution in [-0.2, 0) is 0 Å². The number of hydrogen-bond donors (Lipinski definition) is 0. The highest BCUT2D eigenvalue weighted by atomic mass is 16.3. The SMILES string of the molecule is [O-]c1ccccn1. The molecule has 1 aromatic heterocycles. The normalized spacial score (nSPS) is 8.57. The smallest absolute Gasteiger partial charge is 0.0260 e. The maximum Gasteiger partial charge on any atom is 0.0260 e. The summed E-state index contributed by atoms with van der Waals surface area (Å²) in [5.41, 5.74) is 0. The van der Waals surface area contributed by atoms with E-state index in [4.69, 9.17) is 0 Å². The molecule has 0 aliphatic heterocycles. The van der Waals surface area contributed by atoms with E-state index in [0.717, 1.165) is 0 Å². The fourth-order valence-electron chi connectivity index (χ4n) is 0.347. The van der Waals surface area contributed by atoms with Crippen molar-refractivity contribution < 1.29 is 5.11 Å². The summed E-state index contributed by atoms with van der Waals surface area (Å²) in [6.07, 6.45) is 1.47. The average Bonchev–Trinajstić information content (AvgIpc) is 1.69. The van der Waals surface area contributed by atoms with E-state index in [1.165, 1.54) is 12.3 Å². The van der Waals surface area contributed by atoms with Crippen LogP contribution in [0.1, 0.15) is 0 Å². The van der Waals surface area contributed by atoms with Crippen molar-refractivity contribution in [2.75, 3.05) is 0 Å². The monoisotopic (exact) mass is 94.0 g/mol. The number of rotatable bonds is 0. The van der Waals surface area contributed by atoms with Crippen molar-refractivity contribution in [2.24, 2.45) is 0 Å². The van der Waals surface area contributed by atoms with Gasteiger partial charge in [0.25, 0.3) is 0 Å². The Kier molecular flexibility index (Phi) is 0.941. The minimum Gasteiger partial charge on any atom is -0.859 e. The van der Waals surface area contributed by atoms with Gasteiger partial charge in [-0.2, -0.15) is 0 Å². The molecule has 0 saturated heterocycles. The van der Waals surface area contributed by atoms with Crippen LogP contribution >= 0.6 is 0 Å². The molecule has 0 unspecified atom stereocenters. The third-order valence-corrected chi connectivity index (χ3v) is 0.638. The standard InChI is InChI=1S/C5H5NO/c7-5-3-1-2-4-6-5/h1-4H,(H,6,7)/p-1. The third kappa shape index (κ3) is 0.892. The molecule has 1 rings (SSSR count). The Balaban J connectivity index is 3.02. The van der Waals surface area contributed by atoms with Gasteiger partial charge in [0.2, 0.25) is 0 Å². The average molecular weight is 94.1 g/mol. The molecule has 2 heteroatoms. The lowest BCUT2D eigenvalue weighted by molar-refractivity contribution is -0.274. The molecule has 0 atom stereocenters. The molecular formula is C5H4NO-. The van der Waals surface area contributed by atoms with E-state index in [1.54, 1.807) is 12.1 Å². The van der Waals surface area contributed by atoms with E-state index in [1.807, 2.05) is 0 Å². The number of pyridine rings is 1. The summed E-state index contributed by atoms with van der Waals surface area (Å²) in [5.74, 6) is -0.178. The largest absolute Gasteiger partial charge is 0.859 e. The predicted molar refractivity (Wildman–Crippen MR) is 23.7 cm³/mol. The van der Waals surface area contributed by atoms with Gasteiger partial charge in [0.15, 0.2) is 0 Å². The lowest BCUT2D eigenvalue weighted by Gasteiger charge is -1.97. The van der Waals surface area contributed by atoms with Gasteiger partial charge in [-0.1, -0.05) is 12.1 Å². The Morgan fingerprint density at radius 2 is 2.29 bits per heavy atom. The van der Waals surface area contributed by atoms with E-state index < -0.39 is 0 Å². The van der Waals surface area contributed by atoms with Crippen LogP contribution in [-0.4, -0.2) is 4.98 Å². The molecule has 0 fully saturated rings. The van der Waals surface area contributed by atoms with Crippen molar-refractivity contribution in [2.45, 2.75) is 0 Å². The van der Waals surface area contributed by atoms with Crippen LogP contribution < -0.4 is 5.11 Å². The molecular weight excluding hydrogens is 90.1 g/mol. The van der Waals surface area contributed by atoms with Gasteiger partial charge in [-0.05, 0) is 11.9 Å². The summed E-state index contributed by atoms with van der Waals surface area (Å²) >= 11 is 0. The summed E-state index contributed by atoms with van der Waals surface area (Å²) in [6.45, 7) is 0. The van der Waals surface area contributed by atoms with Crippen LogP contribution in [0.3, 0.4) is 0 Å². The number of hydrogen-bond acceptors (Lipinski definition) is 2. The van der Waals surface area contributed by atoms with Gasteiger partial charge in [-0.3, -0.25) is 4.98 Å². The molecule has 0 aliphatic carbocycles. The minimum atomic E-state index is -0.178. The molecule has 7 heavy (non-hydrogen) atoms. The summed E-state index contributed by atoms with van der Waals surface area (Å²) in [7, 11) is 0. The Morgan fingerprint density at radius 1 is 1.43 bits per heavy atom. The predicted octanol–water partition coefficient (Wildman–Crippen LogP) is 0.155. The fraction of sp³-hybridized carbons (Fsp3) is 0. The second-order valence-corrected chi connectivity index (χ2v) is 1.17. The van der Waals surface area contributed by atoms with Crippen LogP contribution in [0.2, 0.25) is 0 Å². The van der Waals surface area contributed by atoms with Gasteiger partial charge < -0.3 is 5.11 Å². The maximum absolute atomic E-state index is 10.2. The van der Waals surface area contributed by atoms with Crippen LogP contribution in [0.4, 0.5) is 0 Å². The first-order chi connectivity index (χ1) is 3.39. The van der Waals surface area contributed by atoms with E-state index >= 15 is 0 Å². The molecule has 0 aliphatic rings. The Hall–Kier alpha value is -1.05. The molecule has 0 N–H and O–H groups in total. The Bertz CT molecular complexity index is 138. The minimum absolute atomic E-state index is 0.178. The van der Waals surface area contributed by atoms with Gasteiger partial charge >= 0.3 is 0 Å². The van der Waals surface area contributed by atoms with Crippen molar-refractivity contribution in [3.63, 3.8) is 0 Å². The molecule has 2 nitrogen and oxygen atoms in total. The lowest BCUT2D eigenvalue weighted by atomic mass is 10.5. The van der Waals surface area contributed by atoms with Crippen LogP contribution in [0.5, 0.6) is 5.88 Å². The van der Waals surface area contributed by atoms with Crippen molar-refractivity contribution in [1.29, 1.82) is 0 Å².